The molecule has 4 heteroatoms. The van der Waals surface area contributed by atoms with Crippen LogP contribution in [0.25, 0.3) is 11.1 Å². The molecule has 0 spiro atoms. The SMILES string of the molecule is CC(C)c1ccc(N2c3ccc(C(C)C)cc3B3c4oc5c(c4N(c4ccc6c(c4)C(C)(C)CCC6(C)C)c4cc(C(CCc6ccccc6)c6cccc7c6-c6ccccc6C7(C)C)cc2c43)C(C)(C)CCC5(C)C)cc1. The van der Waals surface area contributed by atoms with Crippen LogP contribution in [0.2, 0.25) is 0 Å². The van der Waals surface area contributed by atoms with E-state index in [1.165, 1.54) is 118 Å². The Labute approximate surface area is 467 Å². The zero-order valence-corrected chi connectivity index (χ0v) is 49.2. The van der Waals surface area contributed by atoms with E-state index < -0.39 is 0 Å². The van der Waals surface area contributed by atoms with Gasteiger partial charge in [0.15, 0.2) is 0 Å². The van der Waals surface area contributed by atoms with Crippen molar-refractivity contribution in [3.8, 4) is 11.1 Å². The summed E-state index contributed by atoms with van der Waals surface area (Å²) < 4.78 is 7.88. The molecule has 0 N–H and O–H groups in total. The molecule has 0 saturated heterocycles. The predicted molar refractivity (Wildman–Crippen MR) is 332 cm³/mol. The summed E-state index contributed by atoms with van der Waals surface area (Å²) in [5, 5.41) is 0. The minimum atomic E-state index is -0.141. The van der Waals surface area contributed by atoms with Crippen molar-refractivity contribution >= 4 is 57.4 Å². The molecule has 1 atom stereocenters. The van der Waals surface area contributed by atoms with Crippen molar-refractivity contribution in [3.05, 3.63) is 207 Å². The van der Waals surface area contributed by atoms with Gasteiger partial charge in [-0.25, -0.2) is 0 Å². The molecule has 0 saturated carbocycles. The Morgan fingerprint density at radius 3 is 1.83 bits per heavy atom. The molecule has 2 aliphatic heterocycles. The number of fused-ring (bicyclic) bond motifs is 10. The van der Waals surface area contributed by atoms with Crippen LogP contribution in [0.1, 0.15) is 208 Å². The Kier molecular flexibility index (Phi) is 11.6. The van der Waals surface area contributed by atoms with Gasteiger partial charge in [-0.05, 0) is 181 Å². The fraction of sp³-hybridized carbons (Fsp3) is 0.378. The maximum absolute atomic E-state index is 7.88. The Balaban J connectivity index is 1.17. The van der Waals surface area contributed by atoms with Gasteiger partial charge >= 0.3 is 0 Å². The van der Waals surface area contributed by atoms with Crippen molar-refractivity contribution in [3.63, 3.8) is 0 Å². The number of hydrogen-bond acceptors (Lipinski definition) is 3. The van der Waals surface area contributed by atoms with E-state index >= 15 is 0 Å². The number of furan rings is 1. The second-order valence-electron chi connectivity index (χ2n) is 28.1. The topological polar surface area (TPSA) is 19.6 Å². The van der Waals surface area contributed by atoms with Gasteiger partial charge in [0.2, 0.25) is 0 Å². The molecule has 0 fully saturated rings. The summed E-state index contributed by atoms with van der Waals surface area (Å²) in [5.41, 5.74) is 27.7. The fourth-order valence-corrected chi connectivity index (χ4v) is 15.2. The van der Waals surface area contributed by atoms with Crippen LogP contribution in [0.3, 0.4) is 0 Å². The molecule has 7 aromatic carbocycles. The standard InChI is InChI=1S/C74H81BN2O/c1-45(2)48-28-31-51(32-29-48)76-61-36-30-49(46(3)4)41-60(61)75-66-62(76)42-50(53(34-27-47-21-16-15-17-22-47)54-24-20-26-58-64(54)55-23-18-19-25-56(55)74(58,13)14)43-63(66)77(52-33-35-57-59(44-52)71(7,8)38-37-70(57,5)6)67-65-68(78-69(67)75)73(11,12)40-39-72(65,9)10/h15-26,28-33,35-36,41-46,53H,27,34,37-40H2,1-14H3. The maximum atomic E-state index is 7.88. The van der Waals surface area contributed by atoms with Crippen molar-refractivity contribution in [1.29, 1.82) is 0 Å². The molecule has 3 heterocycles. The maximum Gasteiger partial charge on any atom is 0.297 e. The number of nitrogens with zero attached hydrogens (tertiary/aromatic N) is 2. The Hall–Kier alpha value is -6.52. The van der Waals surface area contributed by atoms with Crippen LogP contribution >= 0.6 is 0 Å². The van der Waals surface area contributed by atoms with Crippen molar-refractivity contribution in [1.82, 2.24) is 0 Å². The second-order valence-corrected chi connectivity index (χ2v) is 28.1. The molecule has 1 aromatic heterocycles. The van der Waals surface area contributed by atoms with Crippen LogP contribution in [0, 0.1) is 0 Å². The van der Waals surface area contributed by atoms with E-state index in [2.05, 4.69) is 252 Å². The van der Waals surface area contributed by atoms with Gasteiger partial charge < -0.3 is 14.2 Å². The zero-order chi connectivity index (χ0) is 54.6. The van der Waals surface area contributed by atoms with Gasteiger partial charge in [0.05, 0.1) is 11.3 Å². The molecule has 0 radical (unpaired) electrons. The van der Waals surface area contributed by atoms with Gasteiger partial charge in [-0.15, -0.1) is 0 Å². The largest absolute Gasteiger partial charge is 0.472 e. The molecular formula is C74H81BN2O. The Bertz CT molecular complexity index is 3690. The van der Waals surface area contributed by atoms with E-state index in [9.17, 15) is 0 Å². The quantitative estimate of drug-likeness (QED) is 0.134. The molecule has 3 aliphatic carbocycles. The van der Waals surface area contributed by atoms with Gasteiger partial charge in [0.1, 0.15) is 5.76 Å². The molecule has 396 valence electrons. The average Bonchev–Trinajstić information content (AvgIpc) is 3.69. The third-order valence-electron chi connectivity index (χ3n) is 20.2. The molecule has 0 bridgehead atoms. The predicted octanol–water partition coefficient (Wildman–Crippen LogP) is 18.4. The number of benzene rings is 7. The zero-order valence-electron chi connectivity index (χ0n) is 49.2. The molecule has 8 aromatic rings. The first-order chi connectivity index (χ1) is 37.1. The van der Waals surface area contributed by atoms with Crippen LogP contribution < -0.4 is 26.4 Å². The summed E-state index contributed by atoms with van der Waals surface area (Å²) in [6.45, 7) is 33.8. The van der Waals surface area contributed by atoms with E-state index in [1.54, 1.807) is 0 Å². The van der Waals surface area contributed by atoms with Crippen LogP contribution in [0.15, 0.2) is 150 Å². The molecule has 0 amide bonds. The minimum absolute atomic E-state index is 0.0196. The lowest BCUT2D eigenvalue weighted by molar-refractivity contribution is 0.282. The third kappa shape index (κ3) is 7.72. The number of rotatable bonds is 9. The summed E-state index contributed by atoms with van der Waals surface area (Å²) in [5.74, 6) is 2.01. The molecule has 3 nitrogen and oxygen atoms in total. The molecule has 13 rings (SSSR count). The highest BCUT2D eigenvalue weighted by molar-refractivity contribution is 6.99. The number of anilines is 6. The van der Waals surface area contributed by atoms with Crippen molar-refractivity contribution in [2.75, 3.05) is 9.80 Å². The summed E-state index contributed by atoms with van der Waals surface area (Å²) in [6.07, 6.45) is 6.41. The molecule has 1 unspecified atom stereocenters. The van der Waals surface area contributed by atoms with Crippen LogP contribution in [0.4, 0.5) is 34.1 Å². The first-order valence-electron chi connectivity index (χ1n) is 29.7. The number of hydrogen-bond donors (Lipinski definition) is 0. The first kappa shape index (κ1) is 51.0. The monoisotopic (exact) mass is 1020 g/mol. The van der Waals surface area contributed by atoms with Gasteiger partial charge in [0.25, 0.3) is 6.71 Å². The second kappa shape index (κ2) is 17.7. The van der Waals surface area contributed by atoms with Gasteiger partial charge in [-0.1, -0.05) is 200 Å². The summed E-state index contributed by atoms with van der Waals surface area (Å²) in [4.78, 5) is 5.39. The van der Waals surface area contributed by atoms with E-state index in [1.807, 2.05) is 0 Å². The summed E-state index contributed by atoms with van der Waals surface area (Å²) >= 11 is 0. The first-order valence-corrected chi connectivity index (χ1v) is 29.7. The van der Waals surface area contributed by atoms with Crippen molar-refractivity contribution in [2.24, 2.45) is 0 Å². The van der Waals surface area contributed by atoms with Crippen molar-refractivity contribution < 1.29 is 4.42 Å². The van der Waals surface area contributed by atoms with E-state index in [0.717, 1.165) is 43.5 Å². The lowest BCUT2D eigenvalue weighted by Gasteiger charge is -2.46. The highest BCUT2D eigenvalue weighted by Gasteiger charge is 2.53. The van der Waals surface area contributed by atoms with Gasteiger partial charge in [-0.3, -0.25) is 0 Å². The van der Waals surface area contributed by atoms with E-state index in [-0.39, 0.29) is 39.7 Å². The Morgan fingerprint density at radius 2 is 1.12 bits per heavy atom. The smallest absolute Gasteiger partial charge is 0.297 e. The third-order valence-corrected chi connectivity index (χ3v) is 20.2. The van der Waals surface area contributed by atoms with Crippen molar-refractivity contribution in [2.45, 2.75) is 180 Å². The molecule has 78 heavy (non-hydrogen) atoms. The lowest BCUT2D eigenvalue weighted by Crippen LogP contribution is -2.61. The fourth-order valence-electron chi connectivity index (χ4n) is 15.2. The highest BCUT2D eigenvalue weighted by Crippen LogP contribution is 2.58. The summed E-state index contributed by atoms with van der Waals surface area (Å²) in [7, 11) is 0. The summed E-state index contributed by atoms with van der Waals surface area (Å²) in [6, 6.07) is 57.6. The highest BCUT2D eigenvalue weighted by atomic mass is 16.3. The van der Waals surface area contributed by atoms with Crippen LogP contribution in [0.5, 0.6) is 0 Å². The average molecular weight is 1030 g/mol. The molecule has 5 aliphatic rings. The van der Waals surface area contributed by atoms with Gasteiger partial charge in [0, 0.05) is 50.7 Å². The molecular weight excluding hydrogens is 944 g/mol. The Morgan fingerprint density at radius 1 is 0.500 bits per heavy atom. The normalized spacial score (nSPS) is 18.6. The minimum Gasteiger partial charge on any atom is -0.472 e. The van der Waals surface area contributed by atoms with Gasteiger partial charge in [-0.2, -0.15) is 0 Å². The lowest BCUT2D eigenvalue weighted by atomic mass is 9.35. The van der Waals surface area contributed by atoms with E-state index in [0.29, 0.717) is 11.8 Å². The number of aryl methyl sites for hydroxylation is 1. The van der Waals surface area contributed by atoms with Crippen LogP contribution in [-0.4, -0.2) is 6.71 Å². The van der Waals surface area contributed by atoms with Crippen LogP contribution in [-0.2, 0) is 33.5 Å². The van der Waals surface area contributed by atoms with E-state index in [4.69, 9.17) is 4.42 Å².